The number of aromatic nitrogens is 4. The molecule has 1 fully saturated rings. The molecule has 1 aliphatic carbocycles. The van der Waals surface area contributed by atoms with Crippen LogP contribution in [0.25, 0.3) is 0 Å². The lowest BCUT2D eigenvalue weighted by molar-refractivity contribution is 0.303. The summed E-state index contributed by atoms with van der Waals surface area (Å²) < 4.78 is 4.67. The Hall–Kier alpha value is -1.62. The van der Waals surface area contributed by atoms with E-state index >= 15 is 0 Å². The molecule has 0 bridgehead atoms. The largest absolute Gasteiger partial charge is 0.328 e. The topological polar surface area (TPSA) is 38.9 Å². The molecule has 23 heavy (non-hydrogen) atoms. The second kappa shape index (κ2) is 6.11. The van der Waals surface area contributed by atoms with Gasteiger partial charge in [-0.15, -0.1) is 0 Å². The van der Waals surface area contributed by atoms with Gasteiger partial charge in [0.15, 0.2) is 0 Å². The van der Waals surface area contributed by atoms with Crippen molar-refractivity contribution >= 4 is 0 Å². The van der Waals surface area contributed by atoms with E-state index in [0.717, 1.165) is 19.6 Å². The molecule has 1 aliphatic heterocycles. The number of hydrogen-bond acceptors (Lipinski definition) is 3. The van der Waals surface area contributed by atoms with Gasteiger partial charge >= 0.3 is 0 Å². The lowest BCUT2D eigenvalue weighted by Crippen LogP contribution is -2.24. The van der Waals surface area contributed by atoms with E-state index in [9.17, 15) is 0 Å². The van der Waals surface area contributed by atoms with E-state index in [0.29, 0.717) is 6.04 Å². The number of rotatable bonds is 4. The van der Waals surface area contributed by atoms with Crippen molar-refractivity contribution < 1.29 is 0 Å². The number of hydrogen-bond donors (Lipinski definition) is 0. The minimum atomic E-state index is 0.599. The molecular weight excluding hydrogens is 286 g/mol. The normalized spacial score (nSPS) is 21.7. The van der Waals surface area contributed by atoms with Crippen molar-refractivity contribution in [1.29, 1.82) is 0 Å². The number of nitrogens with zero attached hydrogens (tertiary/aromatic N) is 5. The third-order valence-electron chi connectivity index (χ3n) is 5.45. The molecular formula is C18H27N5. The molecule has 0 spiro atoms. The van der Waals surface area contributed by atoms with Crippen LogP contribution < -0.4 is 0 Å². The molecule has 124 valence electrons. The molecule has 0 radical (unpaired) electrons. The third kappa shape index (κ3) is 2.71. The molecule has 5 heteroatoms. The Morgan fingerprint density at radius 3 is 3.00 bits per heavy atom. The second-order valence-electron chi connectivity index (χ2n) is 6.95. The van der Waals surface area contributed by atoms with E-state index in [2.05, 4.69) is 39.2 Å². The van der Waals surface area contributed by atoms with Gasteiger partial charge in [0.1, 0.15) is 5.82 Å². The predicted molar refractivity (Wildman–Crippen MR) is 90.4 cm³/mol. The fraction of sp³-hybridized carbons (Fsp3) is 0.667. The summed E-state index contributed by atoms with van der Waals surface area (Å²) in [7, 11) is 0. The standard InChI is InChI=1S/C18H27N5/c1-3-22-15(8-10-19-22)12-21-11-9-16(13-21)23-14(2)20-17-6-4-5-7-18(17)23/h8,10,16H,3-7,9,11-13H2,1-2H3/t16-/m0/s1. The molecule has 2 aromatic heterocycles. The first-order chi connectivity index (χ1) is 11.3. The Morgan fingerprint density at radius 1 is 1.26 bits per heavy atom. The summed E-state index contributed by atoms with van der Waals surface area (Å²) in [5, 5.41) is 4.39. The van der Waals surface area contributed by atoms with Gasteiger partial charge in [-0.3, -0.25) is 9.58 Å². The Labute approximate surface area is 138 Å². The van der Waals surface area contributed by atoms with Crippen LogP contribution in [0.15, 0.2) is 12.3 Å². The Balaban J connectivity index is 1.49. The van der Waals surface area contributed by atoms with Crippen molar-refractivity contribution in [2.45, 2.75) is 65.1 Å². The number of aryl methyl sites for hydroxylation is 3. The first kappa shape index (κ1) is 14.9. The number of likely N-dealkylation sites (tertiary alicyclic amines) is 1. The molecule has 0 N–H and O–H groups in total. The van der Waals surface area contributed by atoms with Crippen LogP contribution in [0.1, 0.15) is 55.1 Å². The predicted octanol–water partition coefficient (Wildman–Crippen LogP) is 2.73. The van der Waals surface area contributed by atoms with Crippen molar-refractivity contribution in [2.24, 2.45) is 0 Å². The molecule has 0 aromatic carbocycles. The summed E-state index contributed by atoms with van der Waals surface area (Å²) in [6.07, 6.45) is 8.18. The van der Waals surface area contributed by atoms with Crippen molar-refractivity contribution in [3.8, 4) is 0 Å². The molecule has 2 aromatic rings. The molecule has 1 atom stereocenters. The van der Waals surface area contributed by atoms with Gasteiger partial charge in [-0.25, -0.2) is 4.98 Å². The van der Waals surface area contributed by atoms with Crippen LogP contribution >= 0.6 is 0 Å². The van der Waals surface area contributed by atoms with Gasteiger partial charge in [0.05, 0.1) is 11.4 Å². The van der Waals surface area contributed by atoms with Crippen LogP contribution in [-0.2, 0) is 25.9 Å². The summed E-state index contributed by atoms with van der Waals surface area (Å²) >= 11 is 0. The molecule has 5 nitrogen and oxygen atoms in total. The highest BCUT2D eigenvalue weighted by Crippen LogP contribution is 2.30. The minimum absolute atomic E-state index is 0.599. The Bertz CT molecular complexity index is 684. The lowest BCUT2D eigenvalue weighted by Gasteiger charge is -2.21. The van der Waals surface area contributed by atoms with Crippen molar-refractivity contribution in [3.63, 3.8) is 0 Å². The lowest BCUT2D eigenvalue weighted by atomic mass is 10.0. The zero-order chi connectivity index (χ0) is 15.8. The van der Waals surface area contributed by atoms with Gasteiger partial charge in [0.25, 0.3) is 0 Å². The van der Waals surface area contributed by atoms with E-state index in [1.54, 1.807) is 0 Å². The smallest absolute Gasteiger partial charge is 0.106 e. The average Bonchev–Trinajstić information content (AvgIpc) is 3.25. The van der Waals surface area contributed by atoms with Crippen LogP contribution in [-0.4, -0.2) is 37.3 Å². The molecule has 2 aliphatic rings. The summed E-state index contributed by atoms with van der Waals surface area (Å²) in [5.74, 6) is 1.22. The molecule has 1 saturated heterocycles. The number of imidazole rings is 1. The van der Waals surface area contributed by atoms with Gasteiger partial charge in [-0.1, -0.05) is 0 Å². The minimum Gasteiger partial charge on any atom is -0.328 e. The maximum Gasteiger partial charge on any atom is 0.106 e. The van der Waals surface area contributed by atoms with Crippen molar-refractivity contribution in [3.05, 3.63) is 35.2 Å². The van der Waals surface area contributed by atoms with Gasteiger partial charge in [-0.05, 0) is 52.0 Å². The summed E-state index contributed by atoms with van der Waals surface area (Å²) in [5.41, 5.74) is 4.23. The van der Waals surface area contributed by atoms with Crippen LogP contribution in [0.5, 0.6) is 0 Å². The zero-order valence-electron chi connectivity index (χ0n) is 14.3. The SMILES string of the molecule is CCn1nccc1CN1CC[C@H](n2c(C)nc3c2CCCC3)C1. The highest BCUT2D eigenvalue weighted by Gasteiger charge is 2.29. The van der Waals surface area contributed by atoms with E-state index in [4.69, 9.17) is 4.98 Å². The molecule has 0 saturated carbocycles. The van der Waals surface area contributed by atoms with Crippen LogP contribution in [0.2, 0.25) is 0 Å². The molecule has 0 unspecified atom stereocenters. The number of fused-ring (bicyclic) bond motifs is 1. The van der Waals surface area contributed by atoms with E-state index in [-0.39, 0.29) is 0 Å². The second-order valence-corrected chi connectivity index (χ2v) is 6.95. The van der Waals surface area contributed by atoms with E-state index < -0.39 is 0 Å². The molecule has 4 rings (SSSR count). The maximum atomic E-state index is 4.85. The monoisotopic (exact) mass is 313 g/mol. The van der Waals surface area contributed by atoms with E-state index in [1.165, 1.54) is 61.6 Å². The highest BCUT2D eigenvalue weighted by atomic mass is 15.3. The fourth-order valence-corrected chi connectivity index (χ4v) is 4.36. The van der Waals surface area contributed by atoms with Gasteiger partial charge in [0, 0.05) is 44.1 Å². The van der Waals surface area contributed by atoms with Gasteiger partial charge in [0.2, 0.25) is 0 Å². The third-order valence-corrected chi connectivity index (χ3v) is 5.45. The fourth-order valence-electron chi connectivity index (χ4n) is 4.36. The maximum absolute atomic E-state index is 4.85. The summed E-state index contributed by atoms with van der Waals surface area (Å²) in [4.78, 5) is 7.43. The van der Waals surface area contributed by atoms with Gasteiger partial charge < -0.3 is 4.57 Å². The average molecular weight is 313 g/mol. The van der Waals surface area contributed by atoms with Crippen molar-refractivity contribution in [1.82, 2.24) is 24.2 Å². The Kier molecular flexibility index (Phi) is 3.97. The van der Waals surface area contributed by atoms with Crippen molar-refractivity contribution in [2.75, 3.05) is 13.1 Å². The molecule has 3 heterocycles. The highest BCUT2D eigenvalue weighted by molar-refractivity contribution is 5.21. The zero-order valence-corrected chi connectivity index (χ0v) is 14.3. The van der Waals surface area contributed by atoms with E-state index in [1.807, 2.05) is 6.20 Å². The molecule has 0 amide bonds. The summed E-state index contributed by atoms with van der Waals surface area (Å²) in [6, 6.07) is 2.75. The first-order valence-corrected chi connectivity index (χ1v) is 9.06. The van der Waals surface area contributed by atoms with Gasteiger partial charge in [-0.2, -0.15) is 5.10 Å². The quantitative estimate of drug-likeness (QED) is 0.871. The van der Waals surface area contributed by atoms with Crippen LogP contribution in [0.3, 0.4) is 0 Å². The van der Waals surface area contributed by atoms with Crippen LogP contribution in [0, 0.1) is 6.92 Å². The first-order valence-electron chi connectivity index (χ1n) is 9.06. The Morgan fingerprint density at radius 2 is 2.13 bits per heavy atom. The summed E-state index contributed by atoms with van der Waals surface area (Å²) in [6.45, 7) is 8.62. The van der Waals surface area contributed by atoms with Crippen LogP contribution in [0.4, 0.5) is 0 Å².